The second-order valence-corrected chi connectivity index (χ2v) is 6.12. The predicted octanol–water partition coefficient (Wildman–Crippen LogP) is 2.17. The molecule has 0 saturated heterocycles. The summed E-state index contributed by atoms with van der Waals surface area (Å²) in [5.41, 5.74) is 7.22. The van der Waals surface area contributed by atoms with Crippen molar-refractivity contribution >= 4 is 21.4 Å². The Morgan fingerprint density at radius 2 is 2.05 bits per heavy atom. The number of nitrogens with two attached hydrogens (primary N) is 1. The first-order valence-corrected chi connectivity index (χ1v) is 7.88. The lowest BCUT2D eigenvalue weighted by Crippen LogP contribution is -2.15. The molecule has 0 aliphatic heterocycles. The van der Waals surface area contributed by atoms with Crippen molar-refractivity contribution in [2.45, 2.75) is 18.7 Å². The average Bonchev–Trinajstić information content (AvgIpc) is 2.40. The lowest BCUT2D eigenvalue weighted by atomic mass is 10.2. The Bertz CT molecular complexity index is 728. The van der Waals surface area contributed by atoms with Crippen LogP contribution in [-0.4, -0.2) is 20.0 Å². The predicted molar refractivity (Wildman–Crippen MR) is 81.8 cm³/mol. The molecule has 7 heteroatoms. The zero-order chi connectivity index (χ0) is 15.5. The number of nitrogen functional groups attached to an aromatic ring is 1. The molecule has 0 aliphatic rings. The van der Waals surface area contributed by atoms with Gasteiger partial charge in [0.25, 0.3) is 10.0 Å². The Morgan fingerprint density at radius 3 is 2.62 bits per heavy atom. The molecule has 2 rings (SSSR count). The van der Waals surface area contributed by atoms with Gasteiger partial charge >= 0.3 is 0 Å². The number of hydrogen-bond acceptors (Lipinski definition) is 5. The highest BCUT2D eigenvalue weighted by molar-refractivity contribution is 7.92. The lowest BCUT2D eigenvalue weighted by Gasteiger charge is -2.11. The number of nitrogens with zero attached hydrogens (tertiary/aromatic N) is 1. The van der Waals surface area contributed by atoms with Crippen LogP contribution < -0.4 is 15.2 Å². The molecule has 0 spiro atoms. The van der Waals surface area contributed by atoms with Gasteiger partial charge in [-0.2, -0.15) is 0 Å². The summed E-state index contributed by atoms with van der Waals surface area (Å²) in [5.74, 6) is 0.440. The van der Waals surface area contributed by atoms with Crippen molar-refractivity contribution in [1.29, 1.82) is 0 Å². The Hall–Kier alpha value is -2.28. The van der Waals surface area contributed by atoms with Crippen molar-refractivity contribution in [2.24, 2.45) is 0 Å². The summed E-state index contributed by atoms with van der Waals surface area (Å²) in [6.07, 6.45) is 1.40. The summed E-state index contributed by atoms with van der Waals surface area (Å²) in [4.78, 5) is 4.05. The average molecular weight is 307 g/mol. The van der Waals surface area contributed by atoms with E-state index >= 15 is 0 Å². The van der Waals surface area contributed by atoms with Crippen LogP contribution in [0.2, 0.25) is 0 Å². The Kier molecular flexibility index (Phi) is 4.32. The summed E-state index contributed by atoms with van der Waals surface area (Å²) in [7, 11) is -3.74. The van der Waals surface area contributed by atoms with Crippen LogP contribution in [0.15, 0.2) is 41.4 Å². The molecule has 0 unspecified atom stereocenters. The minimum absolute atomic E-state index is 0.0435. The fourth-order valence-electron chi connectivity index (χ4n) is 1.80. The van der Waals surface area contributed by atoms with Crippen LogP contribution in [0.1, 0.15) is 12.5 Å². The third-order valence-corrected chi connectivity index (χ3v) is 4.19. The van der Waals surface area contributed by atoms with Crippen molar-refractivity contribution in [3.63, 3.8) is 0 Å². The summed E-state index contributed by atoms with van der Waals surface area (Å²) in [6, 6.07) is 7.97. The number of pyridine rings is 1. The van der Waals surface area contributed by atoms with Crippen molar-refractivity contribution in [2.75, 3.05) is 17.1 Å². The number of aromatic nitrogens is 1. The van der Waals surface area contributed by atoms with E-state index in [9.17, 15) is 8.42 Å². The zero-order valence-electron chi connectivity index (χ0n) is 11.8. The van der Waals surface area contributed by atoms with E-state index in [4.69, 9.17) is 10.5 Å². The summed E-state index contributed by atoms with van der Waals surface area (Å²) in [5, 5.41) is 0. The van der Waals surface area contributed by atoms with Gasteiger partial charge in [0.05, 0.1) is 24.2 Å². The first-order valence-electron chi connectivity index (χ1n) is 6.40. The van der Waals surface area contributed by atoms with E-state index < -0.39 is 10.0 Å². The van der Waals surface area contributed by atoms with Gasteiger partial charge in [-0.3, -0.25) is 4.72 Å². The van der Waals surface area contributed by atoms with E-state index in [1.54, 1.807) is 24.3 Å². The fraction of sp³-hybridized carbons (Fsp3) is 0.214. The summed E-state index contributed by atoms with van der Waals surface area (Å²) in [6.45, 7) is 4.19. The molecule has 0 fully saturated rings. The quantitative estimate of drug-likeness (QED) is 0.826. The SMILES string of the molecule is CCOc1ccc(NS(=O)(=O)c2ccc(C)cc2N)cn1. The monoisotopic (exact) mass is 307 g/mol. The lowest BCUT2D eigenvalue weighted by molar-refractivity contribution is 0.327. The minimum atomic E-state index is -3.74. The number of aryl methyl sites for hydroxylation is 1. The smallest absolute Gasteiger partial charge is 0.263 e. The van der Waals surface area contributed by atoms with E-state index in [-0.39, 0.29) is 10.6 Å². The Balaban J connectivity index is 2.24. The molecule has 0 radical (unpaired) electrons. The molecule has 3 N–H and O–H groups in total. The molecule has 21 heavy (non-hydrogen) atoms. The number of rotatable bonds is 5. The first-order chi connectivity index (χ1) is 9.92. The van der Waals surface area contributed by atoms with E-state index in [1.165, 1.54) is 12.3 Å². The highest BCUT2D eigenvalue weighted by Crippen LogP contribution is 2.22. The molecule has 6 nitrogen and oxygen atoms in total. The Labute approximate surface area is 124 Å². The highest BCUT2D eigenvalue weighted by atomic mass is 32.2. The van der Waals surface area contributed by atoms with Crippen LogP contribution in [0.5, 0.6) is 5.88 Å². The van der Waals surface area contributed by atoms with Gasteiger partial charge in [-0.15, -0.1) is 0 Å². The van der Waals surface area contributed by atoms with Crippen molar-refractivity contribution < 1.29 is 13.2 Å². The number of hydrogen-bond donors (Lipinski definition) is 2. The molecule has 0 bridgehead atoms. The van der Waals surface area contributed by atoms with Gasteiger partial charge in [-0.05, 0) is 37.6 Å². The number of anilines is 2. The molecule has 112 valence electrons. The number of benzene rings is 1. The van der Waals surface area contributed by atoms with Gasteiger partial charge in [0.2, 0.25) is 5.88 Å². The summed E-state index contributed by atoms with van der Waals surface area (Å²) >= 11 is 0. The molecule has 1 aromatic carbocycles. The number of ether oxygens (including phenoxy) is 1. The van der Waals surface area contributed by atoms with Gasteiger partial charge in [-0.1, -0.05) is 6.07 Å². The summed E-state index contributed by atoms with van der Waals surface area (Å²) < 4.78 is 32.2. The maximum absolute atomic E-state index is 12.3. The molecular weight excluding hydrogens is 290 g/mol. The van der Waals surface area contributed by atoms with E-state index in [2.05, 4.69) is 9.71 Å². The minimum Gasteiger partial charge on any atom is -0.478 e. The fourth-order valence-corrected chi connectivity index (χ4v) is 2.95. The molecule has 2 aromatic rings. The molecule has 0 aliphatic carbocycles. The largest absolute Gasteiger partial charge is 0.478 e. The topological polar surface area (TPSA) is 94.3 Å². The molecule has 0 amide bonds. The third-order valence-electron chi connectivity index (χ3n) is 2.74. The van der Waals surface area contributed by atoms with Crippen LogP contribution >= 0.6 is 0 Å². The van der Waals surface area contributed by atoms with Gasteiger partial charge in [0, 0.05) is 6.07 Å². The number of sulfonamides is 1. The first kappa shape index (κ1) is 15.1. The Morgan fingerprint density at radius 1 is 1.29 bits per heavy atom. The van der Waals surface area contributed by atoms with Crippen molar-refractivity contribution in [3.8, 4) is 5.88 Å². The van der Waals surface area contributed by atoms with Gasteiger partial charge < -0.3 is 10.5 Å². The van der Waals surface area contributed by atoms with Crippen molar-refractivity contribution in [3.05, 3.63) is 42.1 Å². The van der Waals surface area contributed by atoms with E-state index in [0.29, 0.717) is 18.2 Å². The van der Waals surface area contributed by atoms with Crippen molar-refractivity contribution in [1.82, 2.24) is 4.98 Å². The standard InChI is InChI=1S/C14H17N3O3S/c1-3-20-14-7-5-11(9-16-14)17-21(18,19)13-6-4-10(2)8-12(13)15/h4-9,17H,3,15H2,1-2H3. The van der Waals surface area contributed by atoms with Crippen LogP contribution in [-0.2, 0) is 10.0 Å². The maximum atomic E-state index is 12.3. The molecule has 0 atom stereocenters. The van der Waals surface area contributed by atoms with Gasteiger partial charge in [-0.25, -0.2) is 13.4 Å². The molecular formula is C14H17N3O3S. The second-order valence-electron chi connectivity index (χ2n) is 4.46. The van der Waals surface area contributed by atoms with Crippen LogP contribution in [0.3, 0.4) is 0 Å². The number of nitrogens with one attached hydrogen (secondary N) is 1. The van der Waals surface area contributed by atoms with Gasteiger partial charge in [0.1, 0.15) is 4.90 Å². The highest BCUT2D eigenvalue weighted by Gasteiger charge is 2.17. The molecule has 0 saturated carbocycles. The molecule has 1 heterocycles. The van der Waals surface area contributed by atoms with E-state index in [1.807, 2.05) is 13.8 Å². The van der Waals surface area contributed by atoms with Crippen LogP contribution in [0.4, 0.5) is 11.4 Å². The van der Waals surface area contributed by atoms with E-state index in [0.717, 1.165) is 5.56 Å². The zero-order valence-corrected chi connectivity index (χ0v) is 12.6. The normalized spacial score (nSPS) is 11.1. The third kappa shape index (κ3) is 3.63. The molecule has 1 aromatic heterocycles. The van der Waals surface area contributed by atoms with Gasteiger partial charge in [0.15, 0.2) is 0 Å². The second kappa shape index (κ2) is 6.01. The maximum Gasteiger partial charge on any atom is 0.263 e. The van der Waals surface area contributed by atoms with Crippen LogP contribution in [0, 0.1) is 6.92 Å². The van der Waals surface area contributed by atoms with Crippen LogP contribution in [0.25, 0.3) is 0 Å².